The number of hydrogen-bond acceptors (Lipinski definition) is 0. The topological polar surface area (TPSA) is 4.93 Å². The minimum atomic E-state index is -2.73. The fraction of sp³-hybridized carbons (Fsp3) is 0.0833. The van der Waals surface area contributed by atoms with E-state index in [9.17, 15) is 0 Å². The molecule has 0 atom stereocenters. The van der Waals surface area contributed by atoms with Crippen LogP contribution in [0.15, 0.2) is 273 Å². The Morgan fingerprint density at radius 3 is 1.41 bits per heavy atom. The van der Waals surface area contributed by atoms with Crippen LogP contribution in [0.5, 0.6) is 0 Å². The molecule has 74 heavy (non-hydrogen) atoms. The van der Waals surface area contributed by atoms with Gasteiger partial charge < -0.3 is 4.57 Å². The van der Waals surface area contributed by atoms with Gasteiger partial charge in [0, 0.05) is 21.9 Å². The molecular weight excluding hydrogens is 907 g/mol. The predicted octanol–water partition coefficient (Wildman–Crippen LogP) is 15.3. The molecule has 14 rings (SSSR count). The van der Waals surface area contributed by atoms with E-state index in [4.69, 9.17) is 0 Å². The van der Waals surface area contributed by atoms with Gasteiger partial charge in [-0.05, 0) is 137 Å². The Hall–Kier alpha value is -8.56. The van der Waals surface area contributed by atoms with Gasteiger partial charge in [0.2, 0.25) is 0 Å². The molecule has 2 heteroatoms. The van der Waals surface area contributed by atoms with Crippen LogP contribution in [0.4, 0.5) is 0 Å². The molecule has 0 spiro atoms. The lowest BCUT2D eigenvalue weighted by Crippen LogP contribution is -2.74. The van der Waals surface area contributed by atoms with Crippen LogP contribution in [0, 0.1) is 0 Å². The SMILES string of the molecule is CCC1(CC)c2cc(-c3ccc4c(c3)c3ccccc3n4-c3ccc4c(c3)C(c3ccccc3)(c3ccccc3)c3ccccc3-4)ccc2-c2ccc([Si](c3ccccc3)(c3ccccc3)c3ccccc3)cc21. The molecule has 11 aromatic carbocycles. The number of benzene rings is 11. The molecule has 0 fully saturated rings. The summed E-state index contributed by atoms with van der Waals surface area (Å²) in [5.41, 5.74) is 18.9. The smallest absolute Gasteiger partial charge is 0.179 e. The van der Waals surface area contributed by atoms with E-state index in [1.165, 1.54) is 109 Å². The summed E-state index contributed by atoms with van der Waals surface area (Å²) in [7, 11) is -2.73. The maximum absolute atomic E-state index is 2.73. The van der Waals surface area contributed by atoms with Gasteiger partial charge in [0.15, 0.2) is 8.07 Å². The number of rotatable bonds is 10. The van der Waals surface area contributed by atoms with E-state index >= 15 is 0 Å². The van der Waals surface area contributed by atoms with E-state index < -0.39 is 13.5 Å². The lowest BCUT2D eigenvalue weighted by atomic mass is 9.67. The summed E-state index contributed by atoms with van der Waals surface area (Å²) in [6.45, 7) is 4.81. The molecule has 0 amide bonds. The third-order valence-corrected chi connectivity index (χ3v) is 22.1. The van der Waals surface area contributed by atoms with Crippen molar-refractivity contribution in [2.45, 2.75) is 37.5 Å². The van der Waals surface area contributed by atoms with E-state index in [-0.39, 0.29) is 5.41 Å². The van der Waals surface area contributed by atoms with Crippen LogP contribution < -0.4 is 20.7 Å². The van der Waals surface area contributed by atoms with Crippen LogP contribution in [0.25, 0.3) is 60.9 Å². The van der Waals surface area contributed by atoms with E-state index in [1.807, 2.05) is 0 Å². The van der Waals surface area contributed by atoms with Crippen LogP contribution in [-0.4, -0.2) is 12.6 Å². The number of hydrogen-bond donors (Lipinski definition) is 0. The molecule has 2 aliphatic carbocycles. The molecule has 0 aliphatic heterocycles. The molecule has 2 aliphatic rings. The average Bonchev–Trinajstić information content (AvgIpc) is 4.08. The fourth-order valence-electron chi connectivity index (χ4n) is 14.0. The Morgan fingerprint density at radius 2 is 0.784 bits per heavy atom. The molecule has 0 saturated heterocycles. The second-order valence-corrected chi connectivity index (χ2v) is 24.3. The molecule has 0 saturated carbocycles. The van der Waals surface area contributed by atoms with Crippen molar-refractivity contribution < 1.29 is 0 Å². The first-order valence-corrected chi connectivity index (χ1v) is 28.5. The van der Waals surface area contributed by atoms with E-state index in [2.05, 4.69) is 291 Å². The van der Waals surface area contributed by atoms with Crippen molar-refractivity contribution in [2.75, 3.05) is 0 Å². The summed E-state index contributed by atoms with van der Waals surface area (Å²) in [6, 6.07) is 104. The quantitative estimate of drug-likeness (QED) is 0.0951. The van der Waals surface area contributed by atoms with Gasteiger partial charge in [0.1, 0.15) is 0 Å². The lowest BCUT2D eigenvalue weighted by Gasteiger charge is -2.36. The van der Waals surface area contributed by atoms with Crippen molar-refractivity contribution in [3.8, 4) is 39.1 Å². The summed E-state index contributed by atoms with van der Waals surface area (Å²) in [4.78, 5) is 0. The standard InChI is InChI=1S/C72H55NSi/c1-3-71(4-2)66-47-51(38-42-60(66)61-44-41-58(49-67(61)71)74(55-28-14-7-15-29-55,56-30-16-8-17-31-56)57-32-18-9-19-33-57)50-39-45-70-64(46-50)63-35-21-23-37-69(63)73(70)54-40-43-62-59-34-20-22-36-65(59)72(68(62)48-54,52-24-10-5-11-25-52)53-26-12-6-13-27-53/h5-49H,3-4H2,1-2H3. The molecule has 12 aromatic rings. The Labute approximate surface area is 435 Å². The van der Waals surface area contributed by atoms with Gasteiger partial charge >= 0.3 is 0 Å². The van der Waals surface area contributed by atoms with E-state index in [0.29, 0.717) is 0 Å². The maximum Gasteiger partial charge on any atom is 0.179 e. The average molecular weight is 962 g/mol. The lowest BCUT2D eigenvalue weighted by molar-refractivity contribution is 0.491. The highest BCUT2D eigenvalue weighted by Gasteiger charge is 2.47. The first kappa shape index (κ1) is 44.2. The zero-order chi connectivity index (χ0) is 49.4. The van der Waals surface area contributed by atoms with Gasteiger partial charge in [-0.15, -0.1) is 0 Å². The fourth-order valence-corrected chi connectivity index (χ4v) is 18.8. The molecule has 0 radical (unpaired) electrons. The molecule has 0 N–H and O–H groups in total. The third kappa shape index (κ3) is 6.22. The summed E-state index contributed by atoms with van der Waals surface area (Å²) in [6.07, 6.45) is 2.03. The molecular formula is C72H55NSi. The van der Waals surface area contributed by atoms with E-state index in [0.717, 1.165) is 18.5 Å². The van der Waals surface area contributed by atoms with Crippen molar-refractivity contribution in [3.05, 3.63) is 306 Å². The van der Waals surface area contributed by atoms with Crippen molar-refractivity contribution in [1.82, 2.24) is 4.57 Å². The zero-order valence-electron chi connectivity index (χ0n) is 41.8. The van der Waals surface area contributed by atoms with Gasteiger partial charge in [-0.2, -0.15) is 0 Å². The Balaban J connectivity index is 0.911. The van der Waals surface area contributed by atoms with Crippen LogP contribution in [0.3, 0.4) is 0 Å². The zero-order valence-corrected chi connectivity index (χ0v) is 42.8. The summed E-state index contributed by atoms with van der Waals surface area (Å²) in [5.74, 6) is 0. The van der Waals surface area contributed by atoms with Gasteiger partial charge in [-0.1, -0.05) is 250 Å². The molecule has 1 heterocycles. The van der Waals surface area contributed by atoms with Crippen LogP contribution in [0.1, 0.15) is 60.1 Å². The predicted molar refractivity (Wildman–Crippen MR) is 314 cm³/mol. The monoisotopic (exact) mass is 961 g/mol. The van der Waals surface area contributed by atoms with Gasteiger partial charge in [0.25, 0.3) is 0 Å². The number of nitrogens with zero attached hydrogens (tertiary/aromatic N) is 1. The summed E-state index contributed by atoms with van der Waals surface area (Å²) in [5, 5.41) is 8.15. The first-order valence-electron chi connectivity index (χ1n) is 26.5. The van der Waals surface area contributed by atoms with Gasteiger partial charge in [-0.25, -0.2) is 0 Å². The number of aromatic nitrogens is 1. The van der Waals surface area contributed by atoms with Crippen molar-refractivity contribution in [1.29, 1.82) is 0 Å². The van der Waals surface area contributed by atoms with Crippen LogP contribution in [-0.2, 0) is 10.8 Å². The molecule has 352 valence electrons. The number of fused-ring (bicyclic) bond motifs is 9. The van der Waals surface area contributed by atoms with Gasteiger partial charge in [0.05, 0.1) is 16.4 Å². The second kappa shape index (κ2) is 17.3. The van der Waals surface area contributed by atoms with Crippen molar-refractivity contribution in [3.63, 3.8) is 0 Å². The number of para-hydroxylation sites is 1. The van der Waals surface area contributed by atoms with Crippen molar-refractivity contribution in [2.24, 2.45) is 0 Å². The summed E-state index contributed by atoms with van der Waals surface area (Å²) < 4.78 is 2.50. The second-order valence-electron chi connectivity index (χ2n) is 20.5. The minimum absolute atomic E-state index is 0.136. The van der Waals surface area contributed by atoms with Crippen LogP contribution >= 0.6 is 0 Å². The Bertz CT molecular complexity index is 3940. The summed E-state index contributed by atoms with van der Waals surface area (Å²) >= 11 is 0. The van der Waals surface area contributed by atoms with Crippen LogP contribution in [0.2, 0.25) is 0 Å². The first-order chi connectivity index (χ1) is 36.6. The molecule has 1 nitrogen and oxygen atoms in total. The molecule has 0 unspecified atom stereocenters. The molecule has 0 bridgehead atoms. The van der Waals surface area contributed by atoms with Gasteiger partial charge in [-0.3, -0.25) is 0 Å². The third-order valence-electron chi connectivity index (χ3n) is 17.3. The Kier molecular flexibility index (Phi) is 10.3. The Morgan fingerprint density at radius 1 is 0.324 bits per heavy atom. The normalized spacial score (nSPS) is 13.9. The van der Waals surface area contributed by atoms with E-state index in [1.54, 1.807) is 0 Å². The largest absolute Gasteiger partial charge is 0.309 e. The minimum Gasteiger partial charge on any atom is -0.309 e. The highest BCUT2D eigenvalue weighted by atomic mass is 28.3. The molecule has 1 aromatic heterocycles. The maximum atomic E-state index is 2.64. The highest BCUT2D eigenvalue weighted by molar-refractivity contribution is 7.19. The van der Waals surface area contributed by atoms with Crippen molar-refractivity contribution >= 4 is 50.6 Å². The highest BCUT2D eigenvalue weighted by Crippen LogP contribution is 2.57.